The second-order valence-electron chi connectivity index (χ2n) is 4.48. The molecule has 0 bridgehead atoms. The van der Waals surface area contributed by atoms with E-state index in [2.05, 4.69) is 5.32 Å². The van der Waals surface area contributed by atoms with Gasteiger partial charge >= 0.3 is 0 Å². The highest BCUT2D eigenvalue weighted by molar-refractivity contribution is 6.35. The van der Waals surface area contributed by atoms with E-state index < -0.39 is 0 Å². The van der Waals surface area contributed by atoms with Crippen LogP contribution in [-0.2, 0) is 4.79 Å². The summed E-state index contributed by atoms with van der Waals surface area (Å²) in [6.45, 7) is 0. The van der Waals surface area contributed by atoms with Gasteiger partial charge < -0.3 is 15.2 Å². The smallest absolute Gasteiger partial charge is 0.256 e. The van der Waals surface area contributed by atoms with Crippen molar-refractivity contribution in [2.24, 2.45) is 0 Å². The highest BCUT2D eigenvalue weighted by atomic mass is 16.5. The molecule has 0 aromatic heterocycles. The van der Waals surface area contributed by atoms with Crippen LogP contribution in [0.5, 0.6) is 11.5 Å². The number of anilines is 1. The van der Waals surface area contributed by atoms with Crippen LogP contribution in [0.4, 0.5) is 5.69 Å². The molecular weight excluding hydrogens is 254 g/mol. The summed E-state index contributed by atoms with van der Waals surface area (Å²) >= 11 is 0. The van der Waals surface area contributed by atoms with Crippen molar-refractivity contribution >= 4 is 23.2 Å². The van der Waals surface area contributed by atoms with Crippen LogP contribution in [-0.4, -0.2) is 18.1 Å². The van der Waals surface area contributed by atoms with Gasteiger partial charge in [-0.15, -0.1) is 0 Å². The van der Waals surface area contributed by atoms with Gasteiger partial charge in [0.25, 0.3) is 5.91 Å². The number of carbonyl (C=O) groups excluding carboxylic acids is 1. The van der Waals surface area contributed by atoms with Gasteiger partial charge in [0.1, 0.15) is 11.5 Å². The number of amides is 1. The lowest BCUT2D eigenvalue weighted by Crippen LogP contribution is -2.03. The molecule has 20 heavy (non-hydrogen) atoms. The van der Waals surface area contributed by atoms with Gasteiger partial charge in [-0.3, -0.25) is 4.79 Å². The lowest BCUT2D eigenvalue weighted by atomic mass is 10.0. The standard InChI is InChI=1S/C16H13NO3/c1-20-11-6-7-15(18)10(8-11)9-13-12-4-2-3-5-14(12)17-16(13)19/h2-9,18H,1H3,(H,17,19)/b13-9+. The Kier molecular flexibility index (Phi) is 2.91. The maximum absolute atomic E-state index is 12.0. The van der Waals surface area contributed by atoms with E-state index in [1.165, 1.54) is 0 Å². The van der Waals surface area contributed by atoms with Crippen LogP contribution >= 0.6 is 0 Å². The largest absolute Gasteiger partial charge is 0.507 e. The van der Waals surface area contributed by atoms with Crippen LogP contribution in [0.2, 0.25) is 0 Å². The lowest BCUT2D eigenvalue weighted by Gasteiger charge is -2.04. The number of fused-ring (bicyclic) bond motifs is 1. The first-order valence-corrected chi connectivity index (χ1v) is 6.18. The van der Waals surface area contributed by atoms with Crippen molar-refractivity contribution in [2.75, 3.05) is 12.4 Å². The van der Waals surface area contributed by atoms with Gasteiger partial charge in [-0.1, -0.05) is 18.2 Å². The van der Waals surface area contributed by atoms with E-state index in [-0.39, 0.29) is 11.7 Å². The van der Waals surface area contributed by atoms with Gasteiger partial charge in [-0.2, -0.15) is 0 Å². The minimum Gasteiger partial charge on any atom is -0.507 e. The third-order valence-electron chi connectivity index (χ3n) is 3.24. The molecule has 4 nitrogen and oxygen atoms in total. The van der Waals surface area contributed by atoms with Gasteiger partial charge in [-0.25, -0.2) is 0 Å². The molecule has 2 aromatic carbocycles. The van der Waals surface area contributed by atoms with E-state index in [0.717, 1.165) is 11.3 Å². The SMILES string of the molecule is COc1ccc(O)c(/C=C2/C(=O)Nc3ccccc32)c1. The summed E-state index contributed by atoms with van der Waals surface area (Å²) in [6.07, 6.45) is 1.67. The monoisotopic (exact) mass is 267 g/mol. The number of hydrogen-bond acceptors (Lipinski definition) is 3. The molecule has 4 heteroatoms. The third kappa shape index (κ3) is 2.01. The van der Waals surface area contributed by atoms with Gasteiger partial charge in [0.2, 0.25) is 0 Å². The Hall–Kier alpha value is -2.75. The first-order chi connectivity index (χ1) is 9.69. The number of para-hydroxylation sites is 1. The highest BCUT2D eigenvalue weighted by Crippen LogP contribution is 2.34. The average molecular weight is 267 g/mol. The number of ether oxygens (including phenoxy) is 1. The molecule has 0 unspecified atom stereocenters. The molecular formula is C16H13NO3. The molecule has 2 aromatic rings. The predicted octanol–water partition coefficient (Wildman–Crippen LogP) is 2.89. The number of phenolic OH excluding ortho intramolecular Hbond substituents is 1. The highest BCUT2D eigenvalue weighted by Gasteiger charge is 2.23. The Morgan fingerprint density at radius 1 is 1.20 bits per heavy atom. The third-order valence-corrected chi connectivity index (χ3v) is 3.24. The van der Waals surface area contributed by atoms with Gasteiger partial charge in [0, 0.05) is 22.4 Å². The zero-order valence-corrected chi connectivity index (χ0v) is 10.9. The van der Waals surface area contributed by atoms with E-state index in [1.54, 1.807) is 31.4 Å². The molecule has 1 aliphatic heterocycles. The maximum atomic E-state index is 12.0. The number of aromatic hydroxyl groups is 1. The normalized spacial score (nSPS) is 15.1. The first kappa shape index (κ1) is 12.3. The van der Waals surface area contributed by atoms with Crippen molar-refractivity contribution in [1.29, 1.82) is 0 Å². The molecule has 1 aliphatic rings. The Morgan fingerprint density at radius 3 is 2.80 bits per heavy atom. The molecule has 0 spiro atoms. The van der Waals surface area contributed by atoms with Crippen molar-refractivity contribution in [1.82, 2.24) is 0 Å². The van der Waals surface area contributed by atoms with Crippen LogP contribution in [0, 0.1) is 0 Å². The van der Waals surface area contributed by atoms with Gasteiger partial charge in [0.05, 0.1) is 7.11 Å². The molecule has 0 aliphatic carbocycles. The fourth-order valence-corrected chi connectivity index (χ4v) is 2.21. The number of benzene rings is 2. The van der Waals surface area contributed by atoms with Crippen LogP contribution in [0.1, 0.15) is 11.1 Å². The van der Waals surface area contributed by atoms with E-state index in [4.69, 9.17) is 4.74 Å². The minimum atomic E-state index is -0.173. The van der Waals surface area contributed by atoms with Crippen molar-refractivity contribution in [3.8, 4) is 11.5 Å². The summed E-state index contributed by atoms with van der Waals surface area (Å²) in [4.78, 5) is 12.0. The Labute approximate surface area is 116 Å². The van der Waals surface area contributed by atoms with E-state index >= 15 is 0 Å². The maximum Gasteiger partial charge on any atom is 0.256 e. The molecule has 0 saturated heterocycles. The zero-order valence-electron chi connectivity index (χ0n) is 10.9. The van der Waals surface area contributed by atoms with Crippen LogP contribution < -0.4 is 10.1 Å². The number of rotatable bonds is 2. The summed E-state index contributed by atoms with van der Waals surface area (Å²) in [5.41, 5.74) is 2.70. The molecule has 2 N–H and O–H groups in total. The van der Waals surface area contributed by atoms with E-state index in [1.807, 2.05) is 24.3 Å². The number of phenols is 1. The predicted molar refractivity (Wildman–Crippen MR) is 77.6 cm³/mol. The number of methoxy groups -OCH3 is 1. The van der Waals surface area contributed by atoms with Crippen LogP contribution in [0.25, 0.3) is 11.6 Å². The Morgan fingerprint density at radius 2 is 2.00 bits per heavy atom. The summed E-state index contributed by atoms with van der Waals surface area (Å²) in [5, 5.41) is 12.7. The van der Waals surface area contributed by atoms with Crippen molar-refractivity contribution in [2.45, 2.75) is 0 Å². The van der Waals surface area contributed by atoms with E-state index in [9.17, 15) is 9.90 Å². The molecule has 3 rings (SSSR count). The summed E-state index contributed by atoms with van der Waals surface area (Å²) in [5.74, 6) is 0.560. The summed E-state index contributed by atoms with van der Waals surface area (Å²) < 4.78 is 5.13. The molecule has 0 radical (unpaired) electrons. The Bertz CT molecular complexity index is 719. The zero-order chi connectivity index (χ0) is 14.1. The fraction of sp³-hybridized carbons (Fsp3) is 0.0625. The lowest BCUT2D eigenvalue weighted by molar-refractivity contribution is -0.110. The van der Waals surface area contributed by atoms with Crippen LogP contribution in [0.15, 0.2) is 42.5 Å². The van der Waals surface area contributed by atoms with E-state index in [0.29, 0.717) is 16.9 Å². The summed E-state index contributed by atoms with van der Waals surface area (Å²) in [6, 6.07) is 12.4. The van der Waals surface area contributed by atoms with Crippen molar-refractivity contribution in [3.63, 3.8) is 0 Å². The fourth-order valence-electron chi connectivity index (χ4n) is 2.21. The molecule has 0 saturated carbocycles. The topological polar surface area (TPSA) is 58.6 Å². The first-order valence-electron chi connectivity index (χ1n) is 6.18. The Balaban J connectivity index is 2.11. The molecule has 1 heterocycles. The molecule has 0 atom stereocenters. The summed E-state index contributed by atoms with van der Waals surface area (Å²) in [7, 11) is 1.56. The van der Waals surface area contributed by atoms with Gasteiger partial charge in [-0.05, 0) is 30.3 Å². The average Bonchev–Trinajstić information content (AvgIpc) is 2.77. The minimum absolute atomic E-state index is 0.107. The van der Waals surface area contributed by atoms with Gasteiger partial charge in [0.15, 0.2) is 0 Å². The molecule has 0 fully saturated rings. The number of carbonyl (C=O) groups is 1. The van der Waals surface area contributed by atoms with Crippen LogP contribution in [0.3, 0.4) is 0 Å². The second kappa shape index (κ2) is 4.74. The molecule has 1 amide bonds. The van der Waals surface area contributed by atoms with Crippen molar-refractivity contribution in [3.05, 3.63) is 53.6 Å². The molecule has 100 valence electrons. The number of hydrogen-bond donors (Lipinski definition) is 2. The quantitative estimate of drug-likeness (QED) is 0.822. The van der Waals surface area contributed by atoms with Crippen molar-refractivity contribution < 1.29 is 14.6 Å². The number of nitrogens with one attached hydrogen (secondary N) is 1. The second-order valence-corrected chi connectivity index (χ2v) is 4.48.